The first-order chi connectivity index (χ1) is 13.5. The zero-order valence-electron chi connectivity index (χ0n) is 15.9. The Kier molecular flexibility index (Phi) is 4.79. The summed E-state index contributed by atoms with van der Waals surface area (Å²) in [6, 6.07) is 13.5. The number of halogens is 1. The van der Waals surface area contributed by atoms with Crippen LogP contribution in [0.5, 0.6) is 5.75 Å². The van der Waals surface area contributed by atoms with E-state index in [2.05, 4.69) is 0 Å². The van der Waals surface area contributed by atoms with Gasteiger partial charge in [-0.3, -0.25) is 9.59 Å². The van der Waals surface area contributed by atoms with Crippen molar-refractivity contribution in [3.05, 3.63) is 59.9 Å². The largest absolute Gasteiger partial charge is 0.497 e. The molecule has 2 aromatic carbocycles. The fourth-order valence-corrected chi connectivity index (χ4v) is 4.20. The second-order valence-electron chi connectivity index (χ2n) is 7.72. The van der Waals surface area contributed by atoms with Gasteiger partial charge in [0.1, 0.15) is 11.6 Å². The molecule has 2 amide bonds. The van der Waals surface area contributed by atoms with E-state index in [1.54, 1.807) is 24.1 Å². The highest BCUT2D eigenvalue weighted by Crippen LogP contribution is 2.42. The van der Waals surface area contributed by atoms with Gasteiger partial charge in [-0.15, -0.1) is 0 Å². The Morgan fingerprint density at radius 2 is 1.82 bits per heavy atom. The van der Waals surface area contributed by atoms with Crippen LogP contribution < -0.4 is 9.64 Å². The summed E-state index contributed by atoms with van der Waals surface area (Å²) in [4.78, 5) is 28.9. The van der Waals surface area contributed by atoms with Crippen LogP contribution in [0.15, 0.2) is 48.5 Å². The minimum absolute atomic E-state index is 0.0380. The van der Waals surface area contributed by atoms with Crippen LogP contribution in [0.1, 0.15) is 18.4 Å². The second-order valence-corrected chi connectivity index (χ2v) is 7.72. The van der Waals surface area contributed by atoms with Crippen LogP contribution in [-0.2, 0) is 16.0 Å². The molecule has 0 aliphatic carbocycles. The van der Waals surface area contributed by atoms with Crippen molar-refractivity contribution < 1.29 is 18.7 Å². The van der Waals surface area contributed by atoms with Crippen LogP contribution in [0.3, 0.4) is 0 Å². The number of carbonyl (C=O) groups excluding carboxylic acids is 2. The molecule has 2 aromatic rings. The molecule has 2 saturated heterocycles. The summed E-state index contributed by atoms with van der Waals surface area (Å²) in [5.41, 5.74) is 1.45. The molecule has 4 rings (SSSR count). The van der Waals surface area contributed by atoms with Gasteiger partial charge in [-0.1, -0.05) is 12.1 Å². The van der Waals surface area contributed by atoms with Gasteiger partial charge in [0.25, 0.3) is 0 Å². The molecule has 28 heavy (non-hydrogen) atoms. The maximum absolute atomic E-state index is 13.2. The van der Waals surface area contributed by atoms with Crippen LogP contribution in [0.25, 0.3) is 0 Å². The van der Waals surface area contributed by atoms with Gasteiger partial charge in [-0.2, -0.15) is 0 Å². The Balaban J connectivity index is 1.40. The van der Waals surface area contributed by atoms with Gasteiger partial charge >= 0.3 is 0 Å². The molecule has 2 heterocycles. The van der Waals surface area contributed by atoms with E-state index in [1.807, 2.05) is 29.2 Å². The molecule has 1 atom stereocenters. The molecule has 5 nitrogen and oxygen atoms in total. The lowest BCUT2D eigenvalue weighted by molar-refractivity contribution is -0.130. The van der Waals surface area contributed by atoms with E-state index in [0.29, 0.717) is 38.2 Å². The first-order valence-electron chi connectivity index (χ1n) is 9.45. The third-order valence-electron chi connectivity index (χ3n) is 5.76. The van der Waals surface area contributed by atoms with Gasteiger partial charge in [-0.25, -0.2) is 4.39 Å². The fourth-order valence-electron chi connectivity index (χ4n) is 4.20. The molecule has 2 fully saturated rings. The zero-order chi connectivity index (χ0) is 19.7. The van der Waals surface area contributed by atoms with Crippen molar-refractivity contribution in [2.24, 2.45) is 5.41 Å². The van der Waals surface area contributed by atoms with Gasteiger partial charge in [0.15, 0.2) is 0 Å². The maximum Gasteiger partial charge on any atom is 0.227 e. The van der Waals surface area contributed by atoms with Gasteiger partial charge < -0.3 is 14.5 Å². The summed E-state index contributed by atoms with van der Waals surface area (Å²) >= 11 is 0. The number of anilines is 1. The summed E-state index contributed by atoms with van der Waals surface area (Å²) in [6.07, 6.45) is 1.58. The second kappa shape index (κ2) is 7.26. The molecule has 1 unspecified atom stereocenters. The number of benzene rings is 2. The van der Waals surface area contributed by atoms with E-state index >= 15 is 0 Å². The molecule has 6 heteroatoms. The minimum atomic E-state index is -0.318. The Morgan fingerprint density at radius 1 is 1.11 bits per heavy atom. The lowest BCUT2D eigenvalue weighted by Crippen LogP contribution is -2.34. The molecule has 1 spiro atoms. The predicted octanol–water partition coefficient (Wildman–Crippen LogP) is 3.03. The quantitative estimate of drug-likeness (QED) is 0.817. The van der Waals surface area contributed by atoms with E-state index in [9.17, 15) is 14.0 Å². The lowest BCUT2D eigenvalue weighted by atomic mass is 9.86. The highest BCUT2D eigenvalue weighted by molar-refractivity contribution is 5.96. The number of amides is 2. The summed E-state index contributed by atoms with van der Waals surface area (Å²) in [5.74, 6) is 0.564. The Morgan fingerprint density at radius 3 is 2.50 bits per heavy atom. The average molecular weight is 382 g/mol. The predicted molar refractivity (Wildman–Crippen MR) is 104 cm³/mol. The van der Waals surface area contributed by atoms with E-state index in [-0.39, 0.29) is 23.0 Å². The van der Waals surface area contributed by atoms with Crippen molar-refractivity contribution in [3.63, 3.8) is 0 Å². The van der Waals surface area contributed by atoms with E-state index in [1.165, 1.54) is 12.1 Å². The fraction of sp³-hybridized carbons (Fsp3) is 0.364. The van der Waals surface area contributed by atoms with Crippen molar-refractivity contribution >= 4 is 17.5 Å². The van der Waals surface area contributed by atoms with Crippen molar-refractivity contribution in [2.45, 2.75) is 19.3 Å². The molecular weight excluding hydrogens is 359 g/mol. The summed E-state index contributed by atoms with van der Waals surface area (Å²) < 4.78 is 18.3. The van der Waals surface area contributed by atoms with E-state index < -0.39 is 0 Å². The van der Waals surface area contributed by atoms with E-state index in [0.717, 1.165) is 17.7 Å². The highest BCUT2D eigenvalue weighted by Gasteiger charge is 2.48. The van der Waals surface area contributed by atoms with Crippen LogP contribution in [0, 0.1) is 11.2 Å². The Hall–Kier alpha value is -2.89. The molecule has 0 saturated carbocycles. The molecular formula is C22H23FN2O3. The number of carbonyl (C=O) groups is 2. The molecule has 0 aromatic heterocycles. The third-order valence-corrected chi connectivity index (χ3v) is 5.76. The molecule has 2 aliphatic rings. The van der Waals surface area contributed by atoms with Gasteiger partial charge in [0, 0.05) is 37.2 Å². The summed E-state index contributed by atoms with van der Waals surface area (Å²) in [7, 11) is 1.61. The van der Waals surface area contributed by atoms with Crippen molar-refractivity contribution in [1.82, 2.24) is 4.90 Å². The van der Waals surface area contributed by atoms with Crippen LogP contribution >= 0.6 is 0 Å². The normalized spacial score (nSPS) is 21.6. The minimum Gasteiger partial charge on any atom is -0.497 e. The zero-order valence-corrected chi connectivity index (χ0v) is 15.9. The standard InChI is InChI=1S/C22H23FN2O3/c1-28-19-8-2-16(3-9-19)12-20(26)24-11-10-22(14-24)13-21(27)25(15-22)18-6-4-17(23)5-7-18/h2-9H,10-15H2,1H3. The smallest absolute Gasteiger partial charge is 0.227 e. The average Bonchev–Trinajstić information content (AvgIpc) is 3.26. The van der Waals surface area contributed by atoms with E-state index in [4.69, 9.17) is 4.74 Å². The monoisotopic (exact) mass is 382 g/mol. The van der Waals surface area contributed by atoms with Crippen LogP contribution in [0.4, 0.5) is 10.1 Å². The van der Waals surface area contributed by atoms with Gasteiger partial charge in [0.2, 0.25) is 11.8 Å². The number of nitrogens with zero attached hydrogens (tertiary/aromatic N) is 2. The van der Waals surface area contributed by atoms with Crippen molar-refractivity contribution in [3.8, 4) is 5.75 Å². The number of hydrogen-bond donors (Lipinski definition) is 0. The molecule has 0 radical (unpaired) electrons. The maximum atomic E-state index is 13.2. The molecule has 146 valence electrons. The lowest BCUT2D eigenvalue weighted by Gasteiger charge is -2.24. The SMILES string of the molecule is COc1ccc(CC(=O)N2CCC3(CC(=O)N(c4ccc(F)cc4)C3)C2)cc1. The number of rotatable bonds is 4. The topological polar surface area (TPSA) is 49.9 Å². The van der Waals surface area contributed by atoms with Gasteiger partial charge in [-0.05, 0) is 48.4 Å². The van der Waals surface area contributed by atoms with Crippen molar-refractivity contribution in [1.29, 1.82) is 0 Å². The Labute approximate surface area is 163 Å². The van der Waals surface area contributed by atoms with Crippen LogP contribution in [-0.4, -0.2) is 43.5 Å². The summed E-state index contributed by atoms with van der Waals surface area (Å²) in [5, 5.41) is 0. The summed E-state index contributed by atoms with van der Waals surface area (Å²) in [6.45, 7) is 1.83. The highest BCUT2D eigenvalue weighted by atomic mass is 19.1. The number of ether oxygens (including phenoxy) is 1. The molecule has 0 bridgehead atoms. The van der Waals surface area contributed by atoms with Crippen LogP contribution in [0.2, 0.25) is 0 Å². The number of methoxy groups -OCH3 is 1. The first-order valence-corrected chi connectivity index (χ1v) is 9.45. The first kappa shape index (κ1) is 18.5. The number of likely N-dealkylation sites (tertiary alicyclic amines) is 1. The van der Waals surface area contributed by atoms with Crippen molar-refractivity contribution in [2.75, 3.05) is 31.6 Å². The number of hydrogen-bond acceptors (Lipinski definition) is 3. The molecule has 2 aliphatic heterocycles. The molecule has 0 N–H and O–H groups in total. The van der Waals surface area contributed by atoms with Gasteiger partial charge in [0.05, 0.1) is 13.5 Å². The third kappa shape index (κ3) is 3.59. The Bertz CT molecular complexity index is 882.